The molecule has 0 spiro atoms. The van der Waals surface area contributed by atoms with Crippen LogP contribution in [-0.2, 0) is 9.16 Å². The number of fused-ring (bicyclic) bond motifs is 1. The summed E-state index contributed by atoms with van der Waals surface area (Å²) in [4.78, 5) is 0. The fourth-order valence-electron chi connectivity index (χ4n) is 6.18. The van der Waals surface area contributed by atoms with Crippen molar-refractivity contribution in [1.29, 1.82) is 0 Å². The summed E-state index contributed by atoms with van der Waals surface area (Å²) in [6, 6.07) is 10.5. The van der Waals surface area contributed by atoms with Gasteiger partial charge in [-0.25, -0.2) is 0 Å². The molecule has 2 fully saturated rings. The fourth-order valence-corrected chi connectivity index (χ4v) is 12.0. The van der Waals surface area contributed by atoms with Gasteiger partial charge in [0, 0.05) is 5.92 Å². The highest BCUT2D eigenvalue weighted by Gasteiger charge is 2.60. The average molecular weight is 395 g/mol. The molecule has 2 aromatic carbocycles. The monoisotopic (exact) mass is 394 g/mol. The van der Waals surface area contributed by atoms with Crippen LogP contribution in [0.25, 0.3) is 0 Å². The van der Waals surface area contributed by atoms with E-state index in [1.165, 1.54) is 43.8 Å². The van der Waals surface area contributed by atoms with Gasteiger partial charge in [-0.2, -0.15) is 0 Å². The van der Waals surface area contributed by atoms with Crippen LogP contribution < -0.4 is 10.4 Å². The van der Waals surface area contributed by atoms with Crippen molar-refractivity contribution in [2.75, 3.05) is 6.61 Å². The van der Waals surface area contributed by atoms with E-state index in [0.29, 0.717) is 5.92 Å². The Morgan fingerprint density at radius 3 is 1.61 bits per heavy atom. The maximum atomic E-state index is 7.28. The number of aryl methyl sites for hydroxylation is 6. The third-order valence-electron chi connectivity index (χ3n) is 6.82. The first-order chi connectivity index (χ1) is 13.0. The van der Waals surface area contributed by atoms with Gasteiger partial charge >= 0.3 is 0 Å². The molecule has 2 aliphatic rings. The molecule has 0 bridgehead atoms. The Hall–Kier alpha value is -1.42. The van der Waals surface area contributed by atoms with Crippen molar-refractivity contribution in [3.63, 3.8) is 0 Å². The largest absolute Gasteiger partial charge is 0.402 e. The number of ether oxygens (including phenoxy) is 1. The quantitative estimate of drug-likeness (QED) is 0.702. The summed E-state index contributed by atoms with van der Waals surface area (Å²) in [5, 5.41) is 3.00. The second-order valence-corrected chi connectivity index (χ2v) is 13.1. The summed E-state index contributed by atoms with van der Waals surface area (Å²) in [5.74, 6) is 0.488. The highest BCUT2D eigenvalue weighted by molar-refractivity contribution is 6.99. The molecule has 2 nitrogen and oxygen atoms in total. The molecule has 3 heteroatoms. The zero-order chi connectivity index (χ0) is 20.4. The zero-order valence-corrected chi connectivity index (χ0v) is 19.7. The van der Waals surface area contributed by atoms with Gasteiger partial charge < -0.3 is 9.16 Å². The SMILES string of the molecule is Cc1cc(C)c([Si]2(c3c(C)cc(C)cc3C)C[C@H]3COC(C)(C)[C@H]3O2)c(C)c1. The molecule has 2 saturated heterocycles. The van der Waals surface area contributed by atoms with Gasteiger partial charge in [-0.1, -0.05) is 35.4 Å². The van der Waals surface area contributed by atoms with Crippen LogP contribution in [0.15, 0.2) is 24.3 Å². The van der Waals surface area contributed by atoms with E-state index in [2.05, 4.69) is 79.7 Å². The van der Waals surface area contributed by atoms with Crippen LogP contribution in [-0.4, -0.2) is 26.6 Å². The topological polar surface area (TPSA) is 18.5 Å². The fraction of sp³-hybridized carbons (Fsp3) is 0.520. The summed E-state index contributed by atoms with van der Waals surface area (Å²) in [6.07, 6.45) is 0.180. The van der Waals surface area contributed by atoms with Gasteiger partial charge in [-0.3, -0.25) is 0 Å². The molecule has 2 aliphatic heterocycles. The van der Waals surface area contributed by atoms with Crippen molar-refractivity contribution < 1.29 is 9.16 Å². The first-order valence-electron chi connectivity index (χ1n) is 10.5. The number of hydrogen-bond donors (Lipinski definition) is 0. The predicted molar refractivity (Wildman–Crippen MR) is 120 cm³/mol. The Kier molecular flexibility index (Phi) is 4.65. The second kappa shape index (κ2) is 6.55. The summed E-state index contributed by atoms with van der Waals surface area (Å²) in [6.45, 7) is 18.7. The molecule has 0 radical (unpaired) electrons. The average Bonchev–Trinajstić information content (AvgIpc) is 3.03. The third kappa shape index (κ3) is 2.90. The summed E-state index contributed by atoms with van der Waals surface area (Å²) < 4.78 is 13.4. The van der Waals surface area contributed by atoms with Crippen molar-refractivity contribution in [1.82, 2.24) is 0 Å². The summed E-state index contributed by atoms with van der Waals surface area (Å²) in [7, 11) is -2.37. The molecular weight excluding hydrogens is 360 g/mol. The maximum absolute atomic E-state index is 7.28. The van der Waals surface area contributed by atoms with Gasteiger partial charge in [0.25, 0.3) is 8.32 Å². The molecule has 2 atom stereocenters. The number of rotatable bonds is 2. The number of benzene rings is 2. The van der Waals surface area contributed by atoms with Gasteiger partial charge in [0.15, 0.2) is 0 Å². The smallest absolute Gasteiger partial charge is 0.257 e. The van der Waals surface area contributed by atoms with E-state index >= 15 is 0 Å². The minimum absolute atomic E-state index is 0.180. The standard InChI is InChI=1S/C25H34O2Si/c1-15-9-17(3)22(18(4)10-15)28(23-19(5)11-16(2)12-20(23)6)14-21-13-26-25(7,8)24(21)27-28/h9-12,21,24H,13-14H2,1-8H3/t21-,24+/m1/s1. The van der Waals surface area contributed by atoms with Crippen LogP contribution in [0.2, 0.25) is 6.04 Å². The van der Waals surface area contributed by atoms with E-state index < -0.39 is 8.32 Å². The van der Waals surface area contributed by atoms with Gasteiger partial charge in [0.1, 0.15) is 0 Å². The Morgan fingerprint density at radius 1 is 0.786 bits per heavy atom. The predicted octanol–water partition coefficient (Wildman–Crippen LogP) is 4.42. The Bertz CT molecular complexity index is 840. The Labute approximate surface area is 171 Å². The van der Waals surface area contributed by atoms with Crippen molar-refractivity contribution in [2.45, 2.75) is 73.1 Å². The molecule has 0 amide bonds. The Balaban J connectivity index is 2.00. The maximum Gasteiger partial charge on any atom is 0.257 e. The van der Waals surface area contributed by atoms with E-state index in [0.717, 1.165) is 12.7 Å². The van der Waals surface area contributed by atoms with E-state index in [9.17, 15) is 0 Å². The van der Waals surface area contributed by atoms with Crippen molar-refractivity contribution in [3.05, 3.63) is 57.6 Å². The lowest BCUT2D eigenvalue weighted by molar-refractivity contribution is -0.0193. The molecule has 28 heavy (non-hydrogen) atoms. The van der Waals surface area contributed by atoms with E-state index in [-0.39, 0.29) is 11.7 Å². The molecule has 2 aromatic rings. The normalized spacial score (nSPS) is 25.1. The molecule has 0 aliphatic carbocycles. The lowest BCUT2D eigenvalue weighted by atomic mass is 9.95. The van der Waals surface area contributed by atoms with Crippen LogP contribution >= 0.6 is 0 Å². The number of hydrogen-bond acceptors (Lipinski definition) is 2. The van der Waals surface area contributed by atoms with Gasteiger partial charge in [0.05, 0.1) is 18.3 Å². The second-order valence-electron chi connectivity index (χ2n) is 9.79. The minimum Gasteiger partial charge on any atom is -0.402 e. The summed E-state index contributed by atoms with van der Waals surface area (Å²) >= 11 is 0. The molecule has 0 N–H and O–H groups in total. The van der Waals surface area contributed by atoms with Crippen molar-refractivity contribution >= 4 is 18.7 Å². The molecule has 4 rings (SSSR count). The first kappa shape index (κ1) is 19.9. The van der Waals surface area contributed by atoms with Crippen LogP contribution in [0.1, 0.15) is 47.2 Å². The highest BCUT2D eigenvalue weighted by Crippen LogP contribution is 2.45. The third-order valence-corrected chi connectivity index (χ3v) is 11.8. The van der Waals surface area contributed by atoms with Gasteiger partial charge in [-0.15, -0.1) is 0 Å². The minimum atomic E-state index is -2.37. The van der Waals surface area contributed by atoms with Crippen molar-refractivity contribution in [3.8, 4) is 0 Å². The zero-order valence-electron chi connectivity index (χ0n) is 18.7. The highest BCUT2D eigenvalue weighted by atomic mass is 28.4. The van der Waals surface area contributed by atoms with E-state index in [1.54, 1.807) is 0 Å². The van der Waals surface area contributed by atoms with Crippen molar-refractivity contribution in [2.24, 2.45) is 5.92 Å². The van der Waals surface area contributed by atoms with Crippen LogP contribution in [0.5, 0.6) is 0 Å². The Morgan fingerprint density at radius 2 is 1.21 bits per heavy atom. The van der Waals surface area contributed by atoms with Gasteiger partial charge in [-0.05, 0) is 94.1 Å². The molecule has 0 aromatic heterocycles. The molecule has 2 heterocycles. The van der Waals surface area contributed by atoms with Gasteiger partial charge in [0.2, 0.25) is 0 Å². The van der Waals surface area contributed by atoms with E-state index in [4.69, 9.17) is 9.16 Å². The lowest BCUT2D eigenvalue weighted by Gasteiger charge is -2.36. The van der Waals surface area contributed by atoms with Crippen LogP contribution in [0, 0.1) is 47.5 Å². The molecule has 0 unspecified atom stereocenters. The van der Waals surface area contributed by atoms with Crippen LogP contribution in [0.3, 0.4) is 0 Å². The molecular formula is C25H34O2Si. The summed E-state index contributed by atoms with van der Waals surface area (Å²) in [5.41, 5.74) is 8.02. The van der Waals surface area contributed by atoms with E-state index in [1.807, 2.05) is 0 Å². The first-order valence-corrected chi connectivity index (χ1v) is 12.6. The molecule has 0 saturated carbocycles. The molecule has 150 valence electrons. The lowest BCUT2D eigenvalue weighted by Crippen LogP contribution is -2.63. The van der Waals surface area contributed by atoms with Crippen LogP contribution in [0.4, 0.5) is 0 Å².